The summed E-state index contributed by atoms with van der Waals surface area (Å²) in [5.74, 6) is -0.291. The molecule has 0 aliphatic carbocycles. The Hall–Kier alpha value is -2.49. The monoisotopic (exact) mass is 503 g/mol. The molecule has 3 aromatic rings. The Kier molecular flexibility index (Phi) is 6.61. The topological polar surface area (TPSA) is 33.0 Å². The van der Waals surface area contributed by atoms with Crippen LogP contribution in [0.5, 0.6) is 5.75 Å². The fourth-order valence-corrected chi connectivity index (χ4v) is 4.03. The zero-order valence-corrected chi connectivity index (χ0v) is 17.6. The van der Waals surface area contributed by atoms with Gasteiger partial charge in [0.1, 0.15) is 24.0 Å². The third kappa shape index (κ3) is 4.67. The van der Waals surface area contributed by atoms with Crippen molar-refractivity contribution in [2.45, 2.75) is 6.61 Å². The Morgan fingerprint density at radius 1 is 0.964 bits per heavy atom. The summed E-state index contributed by atoms with van der Waals surface area (Å²) < 4.78 is 34.7. The van der Waals surface area contributed by atoms with E-state index in [9.17, 15) is 14.0 Å². The quantitative estimate of drug-likeness (QED) is 0.273. The van der Waals surface area contributed by atoms with E-state index >= 15 is 0 Å². The lowest BCUT2D eigenvalue weighted by molar-refractivity contribution is 0.296. The van der Waals surface area contributed by atoms with Crippen LogP contribution in [-0.4, -0.2) is 0 Å². The zero-order valence-electron chi connectivity index (χ0n) is 14.4. The van der Waals surface area contributed by atoms with Gasteiger partial charge in [-0.25, -0.2) is 8.78 Å². The minimum absolute atomic E-state index is 0.0672. The highest BCUT2D eigenvalue weighted by atomic mass is 79.9. The number of nitriles is 1. The normalized spacial score (nSPS) is 11.2. The highest BCUT2D eigenvalue weighted by Gasteiger charge is 2.12. The van der Waals surface area contributed by atoms with Crippen LogP contribution in [0.15, 0.2) is 69.6 Å². The molecule has 0 aliphatic rings. The van der Waals surface area contributed by atoms with Gasteiger partial charge in [0.2, 0.25) is 0 Å². The van der Waals surface area contributed by atoms with Gasteiger partial charge in [-0.05, 0) is 67.8 Å². The van der Waals surface area contributed by atoms with E-state index in [1.807, 2.05) is 6.07 Å². The Bertz CT molecular complexity index is 1070. The molecule has 0 aromatic heterocycles. The Balaban J connectivity index is 1.88. The molecule has 0 saturated heterocycles. The largest absolute Gasteiger partial charge is 0.486 e. The third-order valence-corrected chi connectivity index (χ3v) is 5.12. The van der Waals surface area contributed by atoms with Crippen LogP contribution in [0.3, 0.4) is 0 Å². The molecule has 0 amide bonds. The maximum atomic E-state index is 14.0. The summed E-state index contributed by atoms with van der Waals surface area (Å²) in [4.78, 5) is 0. The van der Waals surface area contributed by atoms with E-state index < -0.39 is 5.82 Å². The van der Waals surface area contributed by atoms with Crippen molar-refractivity contribution in [1.82, 2.24) is 0 Å². The van der Waals surface area contributed by atoms with Gasteiger partial charge in [0.25, 0.3) is 0 Å². The summed E-state index contributed by atoms with van der Waals surface area (Å²) in [6, 6.07) is 18.0. The molecule has 6 heteroatoms. The Morgan fingerprint density at radius 3 is 2.18 bits per heavy atom. The highest BCUT2D eigenvalue weighted by Crippen LogP contribution is 2.36. The second kappa shape index (κ2) is 9.13. The van der Waals surface area contributed by atoms with Gasteiger partial charge >= 0.3 is 0 Å². The van der Waals surface area contributed by atoms with Crippen LogP contribution in [0, 0.1) is 23.0 Å². The first-order valence-electron chi connectivity index (χ1n) is 8.21. The Labute approximate surface area is 178 Å². The van der Waals surface area contributed by atoms with E-state index in [4.69, 9.17) is 4.74 Å². The molecule has 0 saturated carbocycles. The molecule has 0 fully saturated rings. The van der Waals surface area contributed by atoms with Gasteiger partial charge in [-0.2, -0.15) is 5.26 Å². The number of benzene rings is 3. The first-order chi connectivity index (χ1) is 13.5. The van der Waals surface area contributed by atoms with E-state index in [0.717, 1.165) is 0 Å². The lowest BCUT2D eigenvalue weighted by Crippen LogP contribution is -1.99. The minimum Gasteiger partial charge on any atom is -0.486 e. The number of ether oxygens (including phenoxy) is 1. The molecule has 0 bridgehead atoms. The van der Waals surface area contributed by atoms with E-state index in [1.54, 1.807) is 54.6 Å². The van der Waals surface area contributed by atoms with Gasteiger partial charge in [-0.15, -0.1) is 0 Å². The predicted molar refractivity (Wildman–Crippen MR) is 112 cm³/mol. The molecule has 0 aliphatic heterocycles. The molecule has 0 unspecified atom stereocenters. The summed E-state index contributed by atoms with van der Waals surface area (Å²) in [6.07, 6.45) is 1.59. The van der Waals surface area contributed by atoms with Crippen LogP contribution in [0.1, 0.15) is 16.7 Å². The molecule has 2 nitrogen and oxygen atoms in total. The summed E-state index contributed by atoms with van der Waals surface area (Å²) in [5.41, 5.74) is 1.56. The molecular weight excluding hydrogens is 492 g/mol. The van der Waals surface area contributed by atoms with Gasteiger partial charge in [-0.1, -0.05) is 36.4 Å². The van der Waals surface area contributed by atoms with Crippen molar-refractivity contribution in [2.24, 2.45) is 0 Å². The van der Waals surface area contributed by atoms with Gasteiger partial charge in [-0.3, -0.25) is 0 Å². The Morgan fingerprint density at radius 2 is 1.57 bits per heavy atom. The van der Waals surface area contributed by atoms with Crippen LogP contribution in [-0.2, 0) is 6.61 Å². The molecule has 0 heterocycles. The lowest BCUT2D eigenvalue weighted by Gasteiger charge is -2.12. The maximum Gasteiger partial charge on any atom is 0.148 e. The van der Waals surface area contributed by atoms with Crippen LogP contribution < -0.4 is 4.74 Å². The number of halogens is 4. The van der Waals surface area contributed by atoms with Gasteiger partial charge in [0.15, 0.2) is 0 Å². The number of allylic oxidation sites excluding steroid dienone is 1. The van der Waals surface area contributed by atoms with Crippen LogP contribution in [0.2, 0.25) is 0 Å². The van der Waals surface area contributed by atoms with Crippen molar-refractivity contribution in [1.29, 1.82) is 5.26 Å². The number of rotatable bonds is 5. The summed E-state index contributed by atoms with van der Waals surface area (Å²) in [6.45, 7) is 0.0672. The zero-order chi connectivity index (χ0) is 20.1. The van der Waals surface area contributed by atoms with Crippen molar-refractivity contribution in [3.05, 3.63) is 97.9 Å². The van der Waals surface area contributed by atoms with Gasteiger partial charge in [0.05, 0.1) is 20.6 Å². The van der Waals surface area contributed by atoms with Gasteiger partial charge in [0, 0.05) is 11.1 Å². The van der Waals surface area contributed by atoms with Crippen molar-refractivity contribution in [2.75, 3.05) is 0 Å². The smallest absolute Gasteiger partial charge is 0.148 e. The fraction of sp³-hybridized carbons (Fsp3) is 0.0455. The van der Waals surface area contributed by atoms with E-state index in [1.165, 1.54) is 12.1 Å². The molecule has 140 valence electrons. The first kappa shape index (κ1) is 20.2. The van der Waals surface area contributed by atoms with E-state index in [2.05, 4.69) is 31.9 Å². The van der Waals surface area contributed by atoms with Crippen molar-refractivity contribution < 1.29 is 13.5 Å². The van der Waals surface area contributed by atoms with Crippen molar-refractivity contribution in [3.8, 4) is 11.8 Å². The predicted octanol–water partition coefficient (Wildman–Crippen LogP) is 7.13. The molecular formula is C22H13Br2F2NO. The fourth-order valence-electron chi connectivity index (χ4n) is 2.58. The van der Waals surface area contributed by atoms with Crippen molar-refractivity contribution in [3.63, 3.8) is 0 Å². The third-order valence-electron chi connectivity index (χ3n) is 3.95. The maximum absolute atomic E-state index is 14.0. The first-order valence-corrected chi connectivity index (χ1v) is 9.80. The second-order valence-corrected chi connectivity index (χ2v) is 7.55. The molecule has 0 spiro atoms. The second-order valence-electron chi connectivity index (χ2n) is 5.84. The van der Waals surface area contributed by atoms with E-state index in [0.29, 0.717) is 25.8 Å². The number of nitrogens with zero attached hydrogens (tertiary/aromatic N) is 1. The number of hydrogen-bond donors (Lipinski definition) is 0. The van der Waals surface area contributed by atoms with Crippen LogP contribution in [0.4, 0.5) is 8.78 Å². The average molecular weight is 505 g/mol. The molecule has 28 heavy (non-hydrogen) atoms. The lowest BCUT2D eigenvalue weighted by atomic mass is 10.0. The summed E-state index contributed by atoms with van der Waals surface area (Å²) in [7, 11) is 0. The molecule has 3 rings (SSSR count). The minimum atomic E-state index is -0.460. The molecule has 0 N–H and O–H groups in total. The number of hydrogen-bond acceptors (Lipinski definition) is 2. The van der Waals surface area contributed by atoms with Crippen LogP contribution in [0.25, 0.3) is 11.6 Å². The van der Waals surface area contributed by atoms with E-state index in [-0.39, 0.29) is 23.6 Å². The molecule has 0 radical (unpaired) electrons. The summed E-state index contributed by atoms with van der Waals surface area (Å²) in [5, 5.41) is 9.43. The van der Waals surface area contributed by atoms with Gasteiger partial charge < -0.3 is 4.74 Å². The molecule has 3 aromatic carbocycles. The van der Waals surface area contributed by atoms with Crippen LogP contribution >= 0.6 is 31.9 Å². The average Bonchev–Trinajstić information content (AvgIpc) is 2.67. The summed E-state index contributed by atoms with van der Waals surface area (Å²) >= 11 is 6.88. The highest BCUT2D eigenvalue weighted by molar-refractivity contribution is 9.11. The van der Waals surface area contributed by atoms with Crippen molar-refractivity contribution >= 4 is 43.5 Å². The molecule has 0 atom stereocenters. The standard InChI is InChI=1S/C22H13Br2F2NO/c23-18-10-14(9-16(12-27)17-6-2-4-8-21(17)26)11-19(24)22(18)28-13-15-5-1-3-7-20(15)25/h1-11H,13H2/b16-9-. The SMILES string of the molecule is N#C/C(=C/c1cc(Br)c(OCc2ccccc2F)c(Br)c1)c1ccccc1F.